The molecule has 0 unspecified atom stereocenters. The number of hydrogen-bond donors (Lipinski definition) is 1. The molecule has 30 heavy (non-hydrogen) atoms. The molecule has 2 aromatic rings. The second-order valence-electron chi connectivity index (χ2n) is 8.46. The smallest absolute Gasteiger partial charge is 0.252 e. The Bertz CT molecular complexity index is 992. The number of carbonyl (C=O) groups is 1. The quantitative estimate of drug-likeness (QED) is 0.747. The summed E-state index contributed by atoms with van der Waals surface area (Å²) in [6.07, 6.45) is 5.69. The first-order chi connectivity index (χ1) is 14.3. The average molecular weight is 453 g/mol. The largest absolute Gasteiger partial charge is 0.353 e. The van der Waals surface area contributed by atoms with Gasteiger partial charge in [0.1, 0.15) is 4.21 Å². The number of amides is 1. The number of sulfonamides is 1. The van der Waals surface area contributed by atoms with Crippen LogP contribution in [0, 0.1) is 18.8 Å². The van der Waals surface area contributed by atoms with Crippen LogP contribution >= 0.6 is 11.3 Å². The van der Waals surface area contributed by atoms with Gasteiger partial charge in [-0.2, -0.15) is 9.29 Å². The molecule has 8 nitrogen and oxygen atoms in total. The molecule has 2 aliphatic rings. The van der Waals surface area contributed by atoms with E-state index in [1.165, 1.54) is 4.31 Å². The van der Waals surface area contributed by atoms with Crippen LogP contribution in [0.3, 0.4) is 0 Å². The number of rotatable bonds is 5. The third-order valence-corrected chi connectivity index (χ3v) is 9.35. The van der Waals surface area contributed by atoms with Gasteiger partial charge in [0.2, 0.25) is 17.6 Å². The van der Waals surface area contributed by atoms with E-state index in [-0.39, 0.29) is 28.6 Å². The Hall–Kier alpha value is -1.78. The first-order valence-electron chi connectivity index (χ1n) is 10.5. The standard InChI is InChI=1S/C20H28N4O4S2/c1-13-5-7-17(8-6-13)22-20(25)15-4-3-9-24(11-15)30(26,27)18-10-16(12-29-18)19-21-14(2)28-23-19/h10,12-13,15,17H,3-9,11H2,1-2H3,(H,22,25)/t13?,15-,17?/m0/s1. The van der Waals surface area contributed by atoms with Gasteiger partial charge in [-0.3, -0.25) is 4.79 Å². The van der Waals surface area contributed by atoms with Crippen molar-refractivity contribution in [3.63, 3.8) is 0 Å². The number of carbonyl (C=O) groups excluding carboxylic acids is 1. The predicted molar refractivity (Wildman–Crippen MR) is 113 cm³/mol. The van der Waals surface area contributed by atoms with Crippen LogP contribution in [0.15, 0.2) is 20.2 Å². The highest BCUT2D eigenvalue weighted by atomic mass is 32.2. The molecule has 1 saturated carbocycles. The Morgan fingerprint density at radius 1 is 1.27 bits per heavy atom. The number of aromatic nitrogens is 2. The summed E-state index contributed by atoms with van der Waals surface area (Å²) in [5.74, 6) is 1.22. The van der Waals surface area contributed by atoms with E-state index < -0.39 is 10.0 Å². The lowest BCUT2D eigenvalue weighted by Crippen LogP contribution is -2.48. The minimum atomic E-state index is -3.66. The van der Waals surface area contributed by atoms with Gasteiger partial charge >= 0.3 is 0 Å². The van der Waals surface area contributed by atoms with Crippen molar-refractivity contribution in [1.82, 2.24) is 19.8 Å². The maximum absolute atomic E-state index is 13.2. The van der Waals surface area contributed by atoms with Gasteiger partial charge in [-0.1, -0.05) is 12.1 Å². The van der Waals surface area contributed by atoms with Crippen molar-refractivity contribution in [3.05, 3.63) is 17.3 Å². The van der Waals surface area contributed by atoms with Gasteiger partial charge in [-0.25, -0.2) is 8.42 Å². The monoisotopic (exact) mass is 452 g/mol. The van der Waals surface area contributed by atoms with Crippen LogP contribution < -0.4 is 5.32 Å². The van der Waals surface area contributed by atoms with E-state index in [1.807, 2.05) is 0 Å². The van der Waals surface area contributed by atoms with Crippen molar-refractivity contribution in [2.45, 2.75) is 62.6 Å². The lowest BCUT2D eigenvalue weighted by molar-refractivity contribution is -0.127. The second kappa shape index (κ2) is 8.76. The van der Waals surface area contributed by atoms with Crippen LogP contribution in [0.2, 0.25) is 0 Å². The van der Waals surface area contributed by atoms with Crippen molar-refractivity contribution < 1.29 is 17.7 Å². The van der Waals surface area contributed by atoms with Crippen molar-refractivity contribution in [2.24, 2.45) is 11.8 Å². The first kappa shape index (κ1) is 21.5. The third-order valence-electron chi connectivity index (χ3n) is 6.07. The molecule has 1 aliphatic heterocycles. The molecular weight excluding hydrogens is 424 g/mol. The maximum Gasteiger partial charge on any atom is 0.252 e. The van der Waals surface area contributed by atoms with Gasteiger partial charge in [-0.15, -0.1) is 11.3 Å². The first-order valence-corrected chi connectivity index (χ1v) is 12.8. The van der Waals surface area contributed by atoms with E-state index in [0.29, 0.717) is 30.2 Å². The zero-order valence-corrected chi connectivity index (χ0v) is 19.0. The lowest BCUT2D eigenvalue weighted by Gasteiger charge is -2.33. The number of piperidine rings is 1. The highest BCUT2D eigenvalue weighted by Gasteiger charge is 2.35. The molecule has 3 heterocycles. The minimum absolute atomic E-state index is 0.0106. The number of nitrogens with zero attached hydrogens (tertiary/aromatic N) is 3. The molecule has 1 N–H and O–H groups in total. The molecule has 10 heteroatoms. The molecule has 1 saturated heterocycles. The molecule has 4 rings (SSSR count). The van der Waals surface area contributed by atoms with Gasteiger partial charge in [0.25, 0.3) is 10.0 Å². The molecule has 0 aromatic carbocycles. The van der Waals surface area contributed by atoms with Crippen molar-refractivity contribution >= 4 is 27.3 Å². The highest BCUT2D eigenvalue weighted by Crippen LogP contribution is 2.31. The summed E-state index contributed by atoms with van der Waals surface area (Å²) < 4.78 is 33.0. The Morgan fingerprint density at radius 3 is 2.73 bits per heavy atom. The predicted octanol–water partition coefficient (Wildman–Crippen LogP) is 3.20. The zero-order valence-electron chi connectivity index (χ0n) is 17.3. The molecule has 1 atom stereocenters. The molecule has 2 fully saturated rings. The summed E-state index contributed by atoms with van der Waals surface area (Å²) in [6, 6.07) is 1.80. The highest BCUT2D eigenvalue weighted by molar-refractivity contribution is 7.91. The van der Waals surface area contributed by atoms with Crippen LogP contribution in [0.5, 0.6) is 0 Å². The normalized spacial score (nSPS) is 25.9. The fraction of sp³-hybridized carbons (Fsp3) is 0.650. The average Bonchev–Trinajstić information content (AvgIpc) is 3.39. The molecular formula is C20H28N4O4S2. The van der Waals surface area contributed by atoms with Gasteiger partial charge in [0.15, 0.2) is 0 Å². The van der Waals surface area contributed by atoms with E-state index in [2.05, 4.69) is 22.4 Å². The van der Waals surface area contributed by atoms with Gasteiger partial charge in [0, 0.05) is 37.0 Å². The molecule has 1 amide bonds. The van der Waals surface area contributed by atoms with Crippen LogP contribution in [-0.4, -0.2) is 47.9 Å². The molecule has 0 radical (unpaired) electrons. The lowest BCUT2D eigenvalue weighted by atomic mass is 9.87. The fourth-order valence-electron chi connectivity index (χ4n) is 4.21. The summed E-state index contributed by atoms with van der Waals surface area (Å²) in [6.45, 7) is 4.60. The number of thiophene rings is 1. The molecule has 1 aliphatic carbocycles. The number of hydrogen-bond acceptors (Lipinski definition) is 7. The summed E-state index contributed by atoms with van der Waals surface area (Å²) in [7, 11) is -3.66. The van der Waals surface area contributed by atoms with Crippen LogP contribution in [0.4, 0.5) is 0 Å². The van der Waals surface area contributed by atoms with Gasteiger partial charge in [0.05, 0.1) is 5.92 Å². The van der Waals surface area contributed by atoms with Crippen LogP contribution in [-0.2, 0) is 14.8 Å². The van der Waals surface area contributed by atoms with Crippen molar-refractivity contribution in [3.8, 4) is 11.4 Å². The Morgan fingerprint density at radius 2 is 2.03 bits per heavy atom. The molecule has 0 spiro atoms. The van der Waals surface area contributed by atoms with E-state index in [4.69, 9.17) is 4.52 Å². The SMILES string of the molecule is Cc1nc(-c2csc(S(=O)(=O)N3CCC[C@H](C(=O)NC4CCC(C)CC4)C3)c2)no1. The molecule has 0 bridgehead atoms. The zero-order chi connectivity index (χ0) is 21.3. The van der Waals surface area contributed by atoms with Gasteiger partial charge in [-0.05, 0) is 50.5 Å². The van der Waals surface area contributed by atoms with E-state index >= 15 is 0 Å². The fourth-order valence-corrected chi connectivity index (χ4v) is 7.05. The Kier molecular flexibility index (Phi) is 6.26. The van der Waals surface area contributed by atoms with Gasteiger partial charge < -0.3 is 9.84 Å². The Balaban J connectivity index is 1.42. The van der Waals surface area contributed by atoms with E-state index in [9.17, 15) is 13.2 Å². The van der Waals surface area contributed by atoms with E-state index in [1.54, 1.807) is 18.4 Å². The Labute approximate surface area is 181 Å². The van der Waals surface area contributed by atoms with Crippen molar-refractivity contribution in [2.75, 3.05) is 13.1 Å². The summed E-state index contributed by atoms with van der Waals surface area (Å²) >= 11 is 1.14. The molecule has 2 aromatic heterocycles. The number of nitrogens with one attached hydrogen (secondary N) is 1. The minimum Gasteiger partial charge on any atom is -0.353 e. The third kappa shape index (κ3) is 4.60. The van der Waals surface area contributed by atoms with Crippen LogP contribution in [0.25, 0.3) is 11.4 Å². The van der Waals surface area contributed by atoms with Crippen molar-refractivity contribution in [1.29, 1.82) is 0 Å². The molecule has 164 valence electrons. The summed E-state index contributed by atoms with van der Waals surface area (Å²) in [5, 5.41) is 8.73. The van der Waals surface area contributed by atoms with Crippen LogP contribution in [0.1, 0.15) is 51.3 Å². The van der Waals surface area contributed by atoms with E-state index in [0.717, 1.165) is 49.4 Å². The maximum atomic E-state index is 13.2. The summed E-state index contributed by atoms with van der Waals surface area (Å²) in [5.41, 5.74) is 0.619. The number of aryl methyl sites for hydroxylation is 1. The summed E-state index contributed by atoms with van der Waals surface area (Å²) in [4.78, 5) is 16.9. The topological polar surface area (TPSA) is 105 Å². The second-order valence-corrected chi connectivity index (χ2v) is 11.5.